The number of benzene rings is 2. The maximum Gasteiger partial charge on any atom is 0.286 e. The van der Waals surface area contributed by atoms with Gasteiger partial charge in [-0.1, -0.05) is 41.7 Å². The summed E-state index contributed by atoms with van der Waals surface area (Å²) in [6.07, 6.45) is 2.22. The van der Waals surface area contributed by atoms with Gasteiger partial charge in [-0.3, -0.25) is 4.79 Å². The van der Waals surface area contributed by atoms with E-state index in [-0.39, 0.29) is 5.91 Å². The molecule has 0 radical (unpaired) electrons. The van der Waals surface area contributed by atoms with E-state index >= 15 is 0 Å². The van der Waals surface area contributed by atoms with Gasteiger partial charge in [-0.15, -0.1) is 15.3 Å². The highest BCUT2D eigenvalue weighted by atomic mass is 32.1. The number of amides is 1. The molecule has 0 spiro atoms. The normalized spacial score (nSPS) is 13.6. The largest absolute Gasteiger partial charge is 0.489 e. The molecule has 1 amide bonds. The standard InChI is InChI=1S/C20H17N5O2S/c26-18(19-24-25-17(14-6-7-14)22-23-20(25)28-19)21-15-8-10-16(11-9-15)27-12-13-4-2-1-3-5-13/h1-5,8-11,14H,6-7,12H2,(H,21,26). The molecule has 1 N–H and O–H groups in total. The fourth-order valence-electron chi connectivity index (χ4n) is 2.88. The molecule has 1 fully saturated rings. The first kappa shape index (κ1) is 16.9. The molecule has 7 nitrogen and oxygen atoms in total. The van der Waals surface area contributed by atoms with Crippen molar-refractivity contribution in [3.8, 4) is 5.75 Å². The van der Waals surface area contributed by atoms with Crippen LogP contribution in [0.5, 0.6) is 5.75 Å². The molecule has 0 unspecified atom stereocenters. The van der Waals surface area contributed by atoms with Crippen molar-refractivity contribution in [2.24, 2.45) is 0 Å². The van der Waals surface area contributed by atoms with Crippen LogP contribution in [0.25, 0.3) is 4.96 Å². The summed E-state index contributed by atoms with van der Waals surface area (Å²) >= 11 is 1.24. The van der Waals surface area contributed by atoms with Crippen molar-refractivity contribution in [3.05, 3.63) is 71.0 Å². The summed E-state index contributed by atoms with van der Waals surface area (Å²) in [5.41, 5.74) is 1.79. The van der Waals surface area contributed by atoms with Crippen LogP contribution in [-0.2, 0) is 6.61 Å². The second-order valence-corrected chi connectivity index (χ2v) is 7.64. The first-order valence-electron chi connectivity index (χ1n) is 9.06. The Morgan fingerprint density at radius 3 is 2.64 bits per heavy atom. The van der Waals surface area contributed by atoms with Crippen LogP contribution in [-0.4, -0.2) is 25.7 Å². The van der Waals surface area contributed by atoms with Crippen LogP contribution >= 0.6 is 11.3 Å². The van der Waals surface area contributed by atoms with Crippen molar-refractivity contribution in [3.63, 3.8) is 0 Å². The molecule has 140 valence electrons. The second-order valence-electron chi connectivity index (χ2n) is 6.69. The van der Waals surface area contributed by atoms with E-state index < -0.39 is 0 Å². The van der Waals surface area contributed by atoms with Gasteiger partial charge < -0.3 is 10.1 Å². The van der Waals surface area contributed by atoms with Gasteiger partial charge in [-0.2, -0.15) is 4.52 Å². The van der Waals surface area contributed by atoms with Crippen LogP contribution in [0.1, 0.15) is 39.9 Å². The van der Waals surface area contributed by atoms with E-state index in [1.807, 2.05) is 54.6 Å². The molecule has 8 heteroatoms. The summed E-state index contributed by atoms with van der Waals surface area (Å²) < 4.78 is 7.46. The van der Waals surface area contributed by atoms with Crippen molar-refractivity contribution in [2.45, 2.75) is 25.4 Å². The Balaban J connectivity index is 1.23. The third-order valence-corrected chi connectivity index (χ3v) is 5.41. The van der Waals surface area contributed by atoms with E-state index in [4.69, 9.17) is 4.74 Å². The lowest BCUT2D eigenvalue weighted by Gasteiger charge is -2.08. The van der Waals surface area contributed by atoms with Crippen LogP contribution in [0.15, 0.2) is 54.6 Å². The lowest BCUT2D eigenvalue weighted by atomic mass is 10.2. The molecule has 2 aromatic carbocycles. The zero-order chi connectivity index (χ0) is 18.9. The Kier molecular flexibility index (Phi) is 4.25. The Bertz CT molecular complexity index is 1120. The number of anilines is 1. The average Bonchev–Trinajstić information content (AvgIpc) is 3.35. The van der Waals surface area contributed by atoms with Crippen LogP contribution < -0.4 is 10.1 Å². The van der Waals surface area contributed by atoms with Gasteiger partial charge in [0.1, 0.15) is 12.4 Å². The predicted molar refractivity (Wildman–Crippen MR) is 106 cm³/mol. The van der Waals surface area contributed by atoms with Gasteiger partial charge in [-0.05, 0) is 42.7 Å². The molecule has 2 heterocycles. The number of nitrogens with zero attached hydrogens (tertiary/aromatic N) is 4. The summed E-state index contributed by atoms with van der Waals surface area (Å²) in [6, 6.07) is 17.3. The van der Waals surface area contributed by atoms with E-state index in [1.165, 1.54) is 11.3 Å². The Morgan fingerprint density at radius 1 is 1.11 bits per heavy atom. The van der Waals surface area contributed by atoms with Gasteiger partial charge in [0.25, 0.3) is 5.91 Å². The summed E-state index contributed by atoms with van der Waals surface area (Å²) in [5, 5.41) is 15.9. The number of ether oxygens (including phenoxy) is 1. The molecule has 0 saturated heterocycles. The number of carbonyl (C=O) groups is 1. The maximum atomic E-state index is 12.5. The summed E-state index contributed by atoms with van der Waals surface area (Å²) in [6.45, 7) is 0.503. The van der Waals surface area contributed by atoms with Gasteiger partial charge in [0.2, 0.25) is 9.97 Å². The van der Waals surface area contributed by atoms with Crippen molar-refractivity contribution in [1.29, 1.82) is 0 Å². The molecule has 1 aliphatic rings. The second kappa shape index (κ2) is 7.05. The molecule has 2 aromatic heterocycles. The Morgan fingerprint density at radius 2 is 1.89 bits per heavy atom. The zero-order valence-corrected chi connectivity index (χ0v) is 15.7. The highest BCUT2D eigenvalue weighted by Crippen LogP contribution is 2.39. The van der Waals surface area contributed by atoms with Crippen LogP contribution in [0.3, 0.4) is 0 Å². The summed E-state index contributed by atoms with van der Waals surface area (Å²) in [7, 11) is 0. The third kappa shape index (κ3) is 3.46. The van der Waals surface area contributed by atoms with Crippen molar-refractivity contribution in [2.75, 3.05) is 5.32 Å². The zero-order valence-electron chi connectivity index (χ0n) is 14.9. The van der Waals surface area contributed by atoms with Crippen LogP contribution in [0.2, 0.25) is 0 Å². The Labute approximate surface area is 165 Å². The van der Waals surface area contributed by atoms with Crippen molar-refractivity contribution in [1.82, 2.24) is 19.8 Å². The number of rotatable bonds is 6. The lowest BCUT2D eigenvalue weighted by molar-refractivity contribution is 0.102. The van der Waals surface area contributed by atoms with Crippen LogP contribution in [0, 0.1) is 0 Å². The predicted octanol–water partition coefficient (Wildman–Crippen LogP) is 3.89. The third-order valence-electron chi connectivity index (χ3n) is 4.51. The molecule has 0 aliphatic heterocycles. The minimum absolute atomic E-state index is 0.254. The van der Waals surface area contributed by atoms with E-state index in [0.29, 0.717) is 28.2 Å². The summed E-state index contributed by atoms with van der Waals surface area (Å²) in [5.74, 6) is 1.77. The van der Waals surface area contributed by atoms with E-state index in [2.05, 4.69) is 20.6 Å². The number of aromatic nitrogens is 4. The fourth-order valence-corrected chi connectivity index (χ4v) is 3.62. The highest BCUT2D eigenvalue weighted by Gasteiger charge is 2.30. The number of hydrogen-bond donors (Lipinski definition) is 1. The number of carbonyl (C=O) groups excluding carboxylic acids is 1. The van der Waals surface area contributed by atoms with Gasteiger partial charge in [0.05, 0.1) is 0 Å². The average molecular weight is 391 g/mol. The molecule has 1 aliphatic carbocycles. The molecular weight excluding hydrogens is 374 g/mol. The summed E-state index contributed by atoms with van der Waals surface area (Å²) in [4.78, 5) is 13.2. The smallest absolute Gasteiger partial charge is 0.286 e. The van der Waals surface area contributed by atoms with Crippen molar-refractivity contribution >= 4 is 27.9 Å². The van der Waals surface area contributed by atoms with Gasteiger partial charge in [-0.25, -0.2) is 0 Å². The maximum absolute atomic E-state index is 12.5. The first-order valence-corrected chi connectivity index (χ1v) is 9.88. The minimum Gasteiger partial charge on any atom is -0.489 e. The molecule has 28 heavy (non-hydrogen) atoms. The quantitative estimate of drug-likeness (QED) is 0.539. The van der Waals surface area contributed by atoms with E-state index in [9.17, 15) is 4.79 Å². The van der Waals surface area contributed by atoms with Gasteiger partial charge >= 0.3 is 0 Å². The van der Waals surface area contributed by atoms with E-state index in [0.717, 1.165) is 30.0 Å². The topological polar surface area (TPSA) is 81.4 Å². The molecule has 0 atom stereocenters. The van der Waals surface area contributed by atoms with Crippen molar-refractivity contribution < 1.29 is 9.53 Å². The molecule has 0 bridgehead atoms. The molecular formula is C20H17N5O2S. The monoisotopic (exact) mass is 391 g/mol. The lowest BCUT2D eigenvalue weighted by Crippen LogP contribution is -2.12. The molecule has 5 rings (SSSR count). The Hall–Kier alpha value is -3.26. The number of fused-ring (bicyclic) bond motifs is 1. The van der Waals surface area contributed by atoms with Crippen LogP contribution in [0.4, 0.5) is 5.69 Å². The molecule has 1 saturated carbocycles. The van der Waals surface area contributed by atoms with Gasteiger partial charge in [0, 0.05) is 11.6 Å². The van der Waals surface area contributed by atoms with E-state index in [1.54, 1.807) is 4.52 Å². The van der Waals surface area contributed by atoms with Gasteiger partial charge in [0.15, 0.2) is 5.82 Å². The minimum atomic E-state index is -0.254. The number of nitrogens with one attached hydrogen (secondary N) is 1. The highest BCUT2D eigenvalue weighted by molar-refractivity contribution is 7.18. The molecule has 4 aromatic rings. The number of hydrogen-bond acceptors (Lipinski definition) is 6. The first-order chi connectivity index (χ1) is 13.8. The SMILES string of the molecule is O=C(Nc1ccc(OCc2ccccc2)cc1)c1nn2c(C3CC3)nnc2s1. The fraction of sp³-hybridized carbons (Fsp3) is 0.200.